The van der Waals surface area contributed by atoms with Crippen LogP contribution in [0.4, 0.5) is 0 Å². The van der Waals surface area contributed by atoms with Gasteiger partial charge >= 0.3 is 11.9 Å². The maximum atomic E-state index is 13.3. The Kier molecular flexibility index (Phi) is 11.1. The highest BCUT2D eigenvalue weighted by atomic mass is 16.4. The van der Waals surface area contributed by atoms with Crippen LogP contribution in [-0.4, -0.2) is 74.0 Å². The summed E-state index contributed by atoms with van der Waals surface area (Å²) in [6, 6.07) is 12.3. The smallest absolute Gasteiger partial charge is 0.326 e. The highest BCUT2D eigenvalue weighted by Crippen LogP contribution is 2.08. The summed E-state index contributed by atoms with van der Waals surface area (Å²) in [6.45, 7) is 0. The van der Waals surface area contributed by atoms with Crippen molar-refractivity contribution in [3.63, 3.8) is 0 Å². The molecule has 0 saturated heterocycles. The highest BCUT2D eigenvalue weighted by Gasteiger charge is 2.32. The summed E-state index contributed by atoms with van der Waals surface area (Å²) < 4.78 is 0. The number of benzene rings is 2. The van der Waals surface area contributed by atoms with Gasteiger partial charge in [-0.25, -0.2) is 9.78 Å². The van der Waals surface area contributed by atoms with E-state index in [1.165, 1.54) is 12.5 Å². The number of nitrogens with one attached hydrogen (secondary N) is 4. The van der Waals surface area contributed by atoms with E-state index in [-0.39, 0.29) is 19.3 Å². The van der Waals surface area contributed by atoms with Gasteiger partial charge in [0.25, 0.3) is 0 Å². The predicted molar refractivity (Wildman–Crippen MR) is 146 cm³/mol. The van der Waals surface area contributed by atoms with Crippen molar-refractivity contribution in [2.24, 2.45) is 5.73 Å². The van der Waals surface area contributed by atoms with E-state index < -0.39 is 60.2 Å². The molecule has 3 amide bonds. The van der Waals surface area contributed by atoms with E-state index in [0.717, 1.165) is 5.56 Å². The molecule has 0 fully saturated rings. The van der Waals surface area contributed by atoms with Crippen molar-refractivity contribution in [1.82, 2.24) is 25.9 Å². The van der Waals surface area contributed by atoms with Crippen LogP contribution in [-0.2, 0) is 43.2 Å². The third-order valence-corrected chi connectivity index (χ3v) is 6.16. The van der Waals surface area contributed by atoms with E-state index in [2.05, 4.69) is 25.9 Å². The summed E-state index contributed by atoms with van der Waals surface area (Å²) >= 11 is 0. The first-order valence-corrected chi connectivity index (χ1v) is 12.8. The van der Waals surface area contributed by atoms with Crippen LogP contribution in [0, 0.1) is 0 Å². The number of H-pyrrole nitrogens is 1. The van der Waals surface area contributed by atoms with Gasteiger partial charge < -0.3 is 36.9 Å². The van der Waals surface area contributed by atoms with Gasteiger partial charge in [0, 0.05) is 24.7 Å². The van der Waals surface area contributed by atoms with E-state index >= 15 is 0 Å². The standard InChI is InChI=1S/C28H32N6O7/c29-20(11-17-7-3-1-4-8-17)25(37)32-22(14-24(35)36)27(39)33-21(12-18-9-5-2-6-10-18)26(38)34-23(28(40)41)13-19-15-30-16-31-19/h1-10,15-16,20-23H,11-14,29H2,(H,30,31)(H,32,37)(H,33,39)(H,34,38)(H,35,36)(H,40,41). The molecule has 0 aliphatic carbocycles. The summed E-state index contributed by atoms with van der Waals surface area (Å²) in [5.74, 6) is -5.16. The van der Waals surface area contributed by atoms with Crippen LogP contribution in [0.1, 0.15) is 23.2 Å². The van der Waals surface area contributed by atoms with Crippen LogP contribution >= 0.6 is 0 Å². The van der Waals surface area contributed by atoms with Gasteiger partial charge in [0.2, 0.25) is 17.7 Å². The molecule has 3 rings (SSSR count). The molecule has 3 aromatic rings. The lowest BCUT2D eigenvalue weighted by Gasteiger charge is -2.25. The number of carboxylic acid groups (broad SMARTS) is 2. The number of amides is 3. The second-order valence-electron chi connectivity index (χ2n) is 9.39. The van der Waals surface area contributed by atoms with E-state index in [0.29, 0.717) is 11.3 Å². The summed E-state index contributed by atoms with van der Waals surface area (Å²) in [6.07, 6.45) is 2.05. The molecule has 4 unspecified atom stereocenters. The first kappa shape index (κ1) is 30.5. The first-order valence-electron chi connectivity index (χ1n) is 12.8. The number of aromatic amines is 1. The molecule has 0 aliphatic heterocycles. The molecule has 0 bridgehead atoms. The predicted octanol–water partition coefficient (Wildman–Crippen LogP) is -0.221. The molecule has 0 spiro atoms. The molecule has 0 aliphatic rings. The largest absolute Gasteiger partial charge is 0.481 e. The maximum absolute atomic E-state index is 13.3. The quantitative estimate of drug-likeness (QED) is 0.130. The summed E-state index contributed by atoms with van der Waals surface area (Å²) in [5.41, 5.74) is 7.90. The van der Waals surface area contributed by atoms with Crippen molar-refractivity contribution in [1.29, 1.82) is 0 Å². The lowest BCUT2D eigenvalue weighted by Crippen LogP contribution is -2.58. The zero-order valence-corrected chi connectivity index (χ0v) is 22.0. The number of nitrogens with zero attached hydrogens (tertiary/aromatic N) is 1. The van der Waals surface area contributed by atoms with Crippen LogP contribution in [0.25, 0.3) is 0 Å². The highest BCUT2D eigenvalue weighted by molar-refractivity contribution is 5.95. The Morgan fingerprint density at radius 1 is 0.732 bits per heavy atom. The number of imidazole rings is 1. The third kappa shape index (κ3) is 9.89. The van der Waals surface area contributed by atoms with Crippen molar-refractivity contribution < 1.29 is 34.2 Å². The molecule has 4 atom stereocenters. The number of carboxylic acids is 2. The number of carbonyl (C=O) groups is 5. The van der Waals surface area contributed by atoms with Gasteiger partial charge in [0.1, 0.15) is 18.1 Å². The Balaban J connectivity index is 1.75. The average Bonchev–Trinajstić information content (AvgIpc) is 3.46. The van der Waals surface area contributed by atoms with Gasteiger partial charge in [0.15, 0.2) is 0 Å². The van der Waals surface area contributed by atoms with Crippen molar-refractivity contribution >= 4 is 29.7 Å². The molecule has 216 valence electrons. The minimum Gasteiger partial charge on any atom is -0.481 e. The van der Waals surface area contributed by atoms with Crippen LogP contribution < -0.4 is 21.7 Å². The summed E-state index contributed by atoms with van der Waals surface area (Å²) in [7, 11) is 0. The van der Waals surface area contributed by atoms with Crippen molar-refractivity contribution in [3.8, 4) is 0 Å². The van der Waals surface area contributed by atoms with E-state index in [4.69, 9.17) is 5.73 Å². The van der Waals surface area contributed by atoms with Gasteiger partial charge in [0.05, 0.1) is 18.8 Å². The van der Waals surface area contributed by atoms with Crippen LogP contribution in [0.3, 0.4) is 0 Å². The summed E-state index contributed by atoms with van der Waals surface area (Å²) in [5, 5.41) is 26.3. The second kappa shape index (κ2) is 14.9. The molecule has 13 heteroatoms. The zero-order valence-electron chi connectivity index (χ0n) is 22.0. The molecule has 41 heavy (non-hydrogen) atoms. The zero-order chi connectivity index (χ0) is 29.8. The Hall–Kier alpha value is -5.04. The first-order chi connectivity index (χ1) is 19.6. The van der Waals surface area contributed by atoms with E-state index in [9.17, 15) is 34.2 Å². The third-order valence-electron chi connectivity index (χ3n) is 6.16. The molecular formula is C28H32N6O7. The lowest BCUT2D eigenvalue weighted by atomic mass is 10.0. The monoisotopic (exact) mass is 564 g/mol. The minimum atomic E-state index is -1.55. The number of hydrogen-bond donors (Lipinski definition) is 7. The van der Waals surface area contributed by atoms with Crippen LogP contribution in [0.2, 0.25) is 0 Å². The number of hydrogen-bond acceptors (Lipinski definition) is 7. The molecule has 1 heterocycles. The normalized spacial score (nSPS) is 13.7. The molecule has 13 nitrogen and oxygen atoms in total. The fourth-order valence-corrected chi connectivity index (χ4v) is 4.04. The second-order valence-corrected chi connectivity index (χ2v) is 9.39. The van der Waals surface area contributed by atoms with Crippen molar-refractivity contribution in [2.45, 2.75) is 49.9 Å². The van der Waals surface area contributed by atoms with Crippen LogP contribution in [0.5, 0.6) is 0 Å². The number of rotatable bonds is 15. The Morgan fingerprint density at radius 2 is 1.27 bits per heavy atom. The molecule has 0 radical (unpaired) electrons. The number of nitrogens with two attached hydrogens (primary N) is 1. The summed E-state index contributed by atoms with van der Waals surface area (Å²) in [4.78, 5) is 69.2. The maximum Gasteiger partial charge on any atom is 0.326 e. The van der Waals surface area contributed by atoms with Gasteiger partial charge in [-0.2, -0.15) is 0 Å². The van der Waals surface area contributed by atoms with Crippen molar-refractivity contribution in [3.05, 3.63) is 90.0 Å². The molecule has 2 aromatic carbocycles. The Morgan fingerprint density at radius 3 is 1.80 bits per heavy atom. The number of aromatic nitrogens is 2. The van der Waals surface area contributed by atoms with E-state index in [1.54, 1.807) is 60.7 Å². The molecular weight excluding hydrogens is 532 g/mol. The average molecular weight is 565 g/mol. The van der Waals surface area contributed by atoms with Crippen molar-refractivity contribution in [2.75, 3.05) is 0 Å². The van der Waals surface area contributed by atoms with Gasteiger partial charge in [-0.1, -0.05) is 60.7 Å². The van der Waals surface area contributed by atoms with Gasteiger partial charge in [-0.05, 0) is 17.5 Å². The van der Waals surface area contributed by atoms with Gasteiger partial charge in [-0.15, -0.1) is 0 Å². The van der Waals surface area contributed by atoms with Gasteiger partial charge in [-0.3, -0.25) is 19.2 Å². The fraction of sp³-hybridized carbons (Fsp3) is 0.286. The topological polar surface area (TPSA) is 217 Å². The molecule has 0 saturated carbocycles. The molecule has 8 N–H and O–H groups in total. The number of aliphatic carboxylic acids is 2. The minimum absolute atomic E-state index is 0.0317. The lowest BCUT2D eigenvalue weighted by molar-refractivity contribution is -0.143. The Bertz CT molecular complexity index is 1320. The van der Waals surface area contributed by atoms with E-state index in [1.807, 2.05) is 0 Å². The fourth-order valence-electron chi connectivity index (χ4n) is 4.04. The number of carbonyl (C=O) groups excluding carboxylic acids is 3. The van der Waals surface area contributed by atoms with Crippen LogP contribution in [0.15, 0.2) is 73.2 Å². The molecule has 1 aromatic heterocycles. The SMILES string of the molecule is NC(Cc1ccccc1)C(=O)NC(CC(=O)O)C(=O)NC(Cc1ccccc1)C(=O)NC(Cc1cnc[nH]1)C(=O)O. The Labute approximate surface area is 235 Å².